The molecule has 0 saturated carbocycles. The zero-order valence-corrected chi connectivity index (χ0v) is 13.7. The van der Waals surface area contributed by atoms with Crippen molar-refractivity contribution >= 4 is 40.2 Å². The van der Waals surface area contributed by atoms with Crippen LogP contribution in [0.2, 0.25) is 5.02 Å². The summed E-state index contributed by atoms with van der Waals surface area (Å²) in [6.07, 6.45) is 0. The standard InChI is InChI=1S/C15H11ClN2O2S2/c16-10-1-2-13(12(5-10)14(17)19)20-6-11-8-22-15(18-11)9-3-4-21-7-9/h1-5,7-8H,6H2,(H2,17,19). The van der Waals surface area contributed by atoms with E-state index in [4.69, 9.17) is 22.1 Å². The van der Waals surface area contributed by atoms with Gasteiger partial charge in [0.1, 0.15) is 17.4 Å². The minimum absolute atomic E-state index is 0.265. The summed E-state index contributed by atoms with van der Waals surface area (Å²) in [5.74, 6) is -0.170. The van der Waals surface area contributed by atoms with Gasteiger partial charge < -0.3 is 10.5 Å². The molecule has 4 nitrogen and oxygen atoms in total. The number of carbonyl (C=O) groups is 1. The molecule has 3 aromatic rings. The third-order valence-corrected chi connectivity index (χ3v) is 4.76. The van der Waals surface area contributed by atoms with E-state index in [1.807, 2.05) is 22.2 Å². The van der Waals surface area contributed by atoms with E-state index in [0.717, 1.165) is 16.3 Å². The third kappa shape index (κ3) is 3.30. The van der Waals surface area contributed by atoms with E-state index in [-0.39, 0.29) is 12.2 Å². The molecule has 22 heavy (non-hydrogen) atoms. The van der Waals surface area contributed by atoms with Crippen molar-refractivity contribution in [2.45, 2.75) is 6.61 Å². The molecule has 2 aromatic heterocycles. The minimum atomic E-state index is -0.574. The van der Waals surface area contributed by atoms with Crippen molar-refractivity contribution in [2.75, 3.05) is 0 Å². The number of amides is 1. The van der Waals surface area contributed by atoms with Crippen molar-refractivity contribution < 1.29 is 9.53 Å². The molecule has 0 aliphatic rings. The van der Waals surface area contributed by atoms with Crippen molar-refractivity contribution in [2.24, 2.45) is 5.73 Å². The van der Waals surface area contributed by atoms with E-state index >= 15 is 0 Å². The average molecular weight is 351 g/mol. The lowest BCUT2D eigenvalue weighted by molar-refractivity contribution is 0.0996. The molecule has 0 fully saturated rings. The van der Waals surface area contributed by atoms with Crippen LogP contribution in [0.4, 0.5) is 0 Å². The van der Waals surface area contributed by atoms with Gasteiger partial charge in [-0.2, -0.15) is 11.3 Å². The lowest BCUT2D eigenvalue weighted by Crippen LogP contribution is -2.13. The molecule has 112 valence electrons. The highest BCUT2D eigenvalue weighted by atomic mass is 35.5. The second-order valence-electron chi connectivity index (χ2n) is 4.45. The first-order chi connectivity index (χ1) is 10.6. The molecule has 0 saturated heterocycles. The predicted octanol–water partition coefficient (Wildman–Crippen LogP) is 4.20. The van der Waals surface area contributed by atoms with Crippen molar-refractivity contribution in [3.05, 3.63) is 56.7 Å². The minimum Gasteiger partial charge on any atom is -0.486 e. The molecule has 2 N–H and O–H groups in total. The molecule has 0 bridgehead atoms. The van der Waals surface area contributed by atoms with Gasteiger partial charge in [0.2, 0.25) is 0 Å². The highest BCUT2D eigenvalue weighted by Crippen LogP contribution is 2.27. The van der Waals surface area contributed by atoms with Crippen LogP contribution in [0.25, 0.3) is 10.6 Å². The van der Waals surface area contributed by atoms with Crippen LogP contribution in [0, 0.1) is 0 Å². The molecule has 0 spiro atoms. The fourth-order valence-corrected chi connectivity index (χ4v) is 3.55. The van der Waals surface area contributed by atoms with E-state index < -0.39 is 5.91 Å². The zero-order valence-electron chi connectivity index (χ0n) is 11.3. The molecule has 2 heterocycles. The number of rotatable bonds is 5. The van der Waals surface area contributed by atoms with Crippen molar-refractivity contribution in [1.82, 2.24) is 4.98 Å². The molecular formula is C15H11ClN2O2S2. The van der Waals surface area contributed by atoms with Crippen molar-refractivity contribution in [3.63, 3.8) is 0 Å². The summed E-state index contributed by atoms with van der Waals surface area (Å²) in [6.45, 7) is 0.266. The fraction of sp³-hybridized carbons (Fsp3) is 0.0667. The smallest absolute Gasteiger partial charge is 0.252 e. The maximum Gasteiger partial charge on any atom is 0.252 e. The summed E-state index contributed by atoms with van der Waals surface area (Å²) in [6, 6.07) is 6.81. The molecule has 0 radical (unpaired) electrons. The maximum atomic E-state index is 11.4. The highest BCUT2D eigenvalue weighted by molar-refractivity contribution is 7.14. The number of hydrogen-bond acceptors (Lipinski definition) is 5. The van der Waals surface area contributed by atoms with Crippen LogP contribution in [0.1, 0.15) is 16.1 Å². The Kier molecular flexibility index (Phi) is 4.42. The molecule has 7 heteroatoms. The van der Waals surface area contributed by atoms with E-state index in [1.54, 1.807) is 34.8 Å². The largest absolute Gasteiger partial charge is 0.486 e. The van der Waals surface area contributed by atoms with Gasteiger partial charge in [-0.15, -0.1) is 11.3 Å². The third-order valence-electron chi connectivity index (χ3n) is 2.90. The Balaban J connectivity index is 1.74. The molecule has 0 aliphatic heterocycles. The van der Waals surface area contributed by atoms with Crippen LogP contribution in [-0.2, 0) is 6.61 Å². The summed E-state index contributed by atoms with van der Waals surface area (Å²) >= 11 is 9.06. The Bertz CT molecular complexity index is 800. The SMILES string of the molecule is NC(=O)c1cc(Cl)ccc1OCc1csc(-c2ccsc2)n1. The highest BCUT2D eigenvalue weighted by Gasteiger charge is 2.11. The van der Waals surface area contributed by atoms with Gasteiger partial charge in [-0.05, 0) is 29.6 Å². The molecule has 1 amide bonds. The van der Waals surface area contributed by atoms with Crippen LogP contribution in [-0.4, -0.2) is 10.9 Å². The van der Waals surface area contributed by atoms with Crippen molar-refractivity contribution in [1.29, 1.82) is 0 Å². The van der Waals surface area contributed by atoms with Crippen LogP contribution in [0.5, 0.6) is 5.75 Å². The van der Waals surface area contributed by atoms with Crippen LogP contribution < -0.4 is 10.5 Å². The first-order valence-corrected chi connectivity index (χ1v) is 8.52. The number of nitrogens with zero attached hydrogens (tertiary/aromatic N) is 1. The summed E-state index contributed by atoms with van der Waals surface area (Å²) < 4.78 is 5.66. The first kappa shape index (κ1) is 15.0. The number of thiophene rings is 1. The number of aromatic nitrogens is 1. The van der Waals surface area contributed by atoms with E-state index in [1.165, 1.54) is 6.07 Å². The first-order valence-electron chi connectivity index (χ1n) is 6.32. The molecule has 1 aromatic carbocycles. The molecule has 0 unspecified atom stereocenters. The van der Waals surface area contributed by atoms with Crippen LogP contribution in [0.15, 0.2) is 40.4 Å². The number of nitrogens with two attached hydrogens (primary N) is 1. The van der Waals surface area contributed by atoms with Gasteiger partial charge in [0.15, 0.2) is 0 Å². The lowest BCUT2D eigenvalue weighted by atomic mass is 10.2. The monoisotopic (exact) mass is 350 g/mol. The number of halogens is 1. The Labute approximate surface area is 140 Å². The van der Waals surface area contributed by atoms with E-state index in [2.05, 4.69) is 4.98 Å². The van der Waals surface area contributed by atoms with Gasteiger partial charge in [-0.1, -0.05) is 11.6 Å². The number of primary amides is 1. The van der Waals surface area contributed by atoms with Crippen LogP contribution in [0.3, 0.4) is 0 Å². The van der Waals surface area contributed by atoms with Gasteiger partial charge in [0.05, 0.1) is 11.3 Å². The lowest BCUT2D eigenvalue weighted by Gasteiger charge is -2.08. The Morgan fingerprint density at radius 2 is 2.18 bits per heavy atom. The molecule has 0 atom stereocenters. The Morgan fingerprint density at radius 1 is 1.32 bits per heavy atom. The van der Waals surface area contributed by atoms with Crippen molar-refractivity contribution in [3.8, 4) is 16.3 Å². The van der Waals surface area contributed by atoms with Gasteiger partial charge in [-0.3, -0.25) is 4.79 Å². The quantitative estimate of drug-likeness (QED) is 0.749. The number of thiazole rings is 1. The van der Waals surface area contributed by atoms with Gasteiger partial charge in [-0.25, -0.2) is 4.98 Å². The van der Waals surface area contributed by atoms with Gasteiger partial charge in [0, 0.05) is 21.3 Å². The van der Waals surface area contributed by atoms with E-state index in [0.29, 0.717) is 10.8 Å². The average Bonchev–Trinajstić information content (AvgIpc) is 3.16. The topological polar surface area (TPSA) is 65.2 Å². The zero-order chi connectivity index (χ0) is 15.5. The molecule has 0 aliphatic carbocycles. The summed E-state index contributed by atoms with van der Waals surface area (Å²) in [5, 5.41) is 7.39. The number of ether oxygens (including phenoxy) is 1. The summed E-state index contributed by atoms with van der Waals surface area (Å²) in [7, 11) is 0. The van der Waals surface area contributed by atoms with E-state index in [9.17, 15) is 4.79 Å². The fourth-order valence-electron chi connectivity index (χ4n) is 1.86. The number of hydrogen-bond donors (Lipinski definition) is 1. The molecular weight excluding hydrogens is 340 g/mol. The maximum absolute atomic E-state index is 11.4. The predicted molar refractivity (Wildman–Crippen MR) is 89.7 cm³/mol. The number of carbonyl (C=O) groups excluding carboxylic acids is 1. The van der Waals surface area contributed by atoms with Gasteiger partial charge in [0.25, 0.3) is 5.91 Å². The second kappa shape index (κ2) is 6.48. The Hall–Kier alpha value is -1.89. The van der Waals surface area contributed by atoms with Crippen LogP contribution >= 0.6 is 34.3 Å². The Morgan fingerprint density at radius 3 is 2.91 bits per heavy atom. The summed E-state index contributed by atoms with van der Waals surface area (Å²) in [5.41, 5.74) is 7.50. The summed E-state index contributed by atoms with van der Waals surface area (Å²) in [4.78, 5) is 15.9. The number of benzene rings is 1. The second-order valence-corrected chi connectivity index (χ2v) is 6.52. The normalized spacial score (nSPS) is 10.6. The van der Waals surface area contributed by atoms with Gasteiger partial charge >= 0.3 is 0 Å². The molecule has 3 rings (SSSR count).